The predicted molar refractivity (Wildman–Crippen MR) is 93.3 cm³/mol. The number of aryl methyl sites for hydroxylation is 2. The van der Waals surface area contributed by atoms with Gasteiger partial charge in [0.15, 0.2) is 6.61 Å². The Morgan fingerprint density at radius 2 is 1.81 bits per heavy atom. The van der Waals surface area contributed by atoms with Crippen molar-refractivity contribution in [2.24, 2.45) is 0 Å². The molecule has 1 aromatic heterocycles. The fourth-order valence-electron chi connectivity index (χ4n) is 2.14. The molecule has 26 heavy (non-hydrogen) atoms. The first-order chi connectivity index (χ1) is 12.4. The zero-order chi connectivity index (χ0) is 19.1. The summed E-state index contributed by atoms with van der Waals surface area (Å²) in [5.41, 5.74) is 5.67. The quantitative estimate of drug-likeness (QED) is 0.537. The summed E-state index contributed by atoms with van der Waals surface area (Å²) in [7, 11) is 0. The molecule has 1 aromatic carbocycles. The molecule has 3 amide bonds. The van der Waals surface area contributed by atoms with Crippen LogP contribution in [0, 0.1) is 13.8 Å². The van der Waals surface area contributed by atoms with Gasteiger partial charge in [-0.1, -0.05) is 11.6 Å². The monoisotopic (exact) mass is 379 g/mol. The molecule has 0 spiro atoms. The molecule has 9 heteroatoms. The number of furan rings is 1. The molecule has 0 saturated heterocycles. The van der Waals surface area contributed by atoms with E-state index < -0.39 is 17.7 Å². The third-order valence-electron chi connectivity index (χ3n) is 3.30. The van der Waals surface area contributed by atoms with Crippen LogP contribution < -0.4 is 20.9 Å². The summed E-state index contributed by atoms with van der Waals surface area (Å²) < 4.78 is 10.5. The fraction of sp³-hybridized carbons (Fsp3) is 0.235. The van der Waals surface area contributed by atoms with Gasteiger partial charge in [0.1, 0.15) is 11.5 Å². The summed E-state index contributed by atoms with van der Waals surface area (Å²) in [6.45, 7) is 3.33. The van der Waals surface area contributed by atoms with Gasteiger partial charge in [0.25, 0.3) is 5.91 Å². The lowest BCUT2D eigenvalue weighted by atomic mass is 10.1. The summed E-state index contributed by atoms with van der Waals surface area (Å²) in [5, 5.41) is 2.92. The van der Waals surface area contributed by atoms with E-state index in [-0.39, 0.29) is 13.2 Å². The van der Waals surface area contributed by atoms with E-state index in [0.29, 0.717) is 16.5 Å². The summed E-state index contributed by atoms with van der Waals surface area (Å²) in [4.78, 5) is 34.9. The van der Waals surface area contributed by atoms with Crippen molar-refractivity contribution in [3.05, 3.63) is 52.4 Å². The van der Waals surface area contributed by atoms with E-state index in [2.05, 4.69) is 10.7 Å². The Bertz CT molecular complexity index is 782. The molecule has 1 heterocycles. The molecule has 0 aliphatic rings. The first-order valence-electron chi connectivity index (χ1n) is 7.65. The number of amides is 3. The smallest absolute Gasteiger partial charge is 0.327 e. The van der Waals surface area contributed by atoms with Crippen LogP contribution in [0.2, 0.25) is 5.02 Å². The number of benzene rings is 1. The van der Waals surface area contributed by atoms with E-state index in [1.165, 1.54) is 6.26 Å². The number of halogens is 1. The molecule has 2 rings (SSSR count). The Balaban J connectivity index is 1.74. The lowest BCUT2D eigenvalue weighted by molar-refractivity contribution is -0.141. The molecule has 0 unspecified atom stereocenters. The minimum absolute atomic E-state index is 0.0609. The van der Waals surface area contributed by atoms with Gasteiger partial charge in [-0.05, 0) is 49.2 Å². The molecule has 0 atom stereocenters. The molecule has 0 radical (unpaired) electrons. The molecule has 0 aliphatic carbocycles. The maximum Gasteiger partial charge on any atom is 0.327 e. The van der Waals surface area contributed by atoms with Crippen molar-refractivity contribution in [3.63, 3.8) is 0 Å². The van der Waals surface area contributed by atoms with Crippen molar-refractivity contribution in [1.82, 2.24) is 16.2 Å². The largest absolute Gasteiger partial charge is 0.483 e. The van der Waals surface area contributed by atoms with Crippen LogP contribution in [-0.4, -0.2) is 24.3 Å². The maximum absolute atomic E-state index is 11.8. The highest BCUT2D eigenvalue weighted by atomic mass is 35.5. The van der Waals surface area contributed by atoms with Crippen molar-refractivity contribution in [2.75, 3.05) is 6.61 Å². The molecule has 8 nitrogen and oxygen atoms in total. The van der Waals surface area contributed by atoms with Crippen molar-refractivity contribution < 1.29 is 23.5 Å². The van der Waals surface area contributed by atoms with Crippen LogP contribution in [0.15, 0.2) is 34.9 Å². The van der Waals surface area contributed by atoms with Gasteiger partial charge in [0.05, 0.1) is 12.8 Å². The summed E-state index contributed by atoms with van der Waals surface area (Å²) >= 11 is 5.93. The minimum Gasteiger partial charge on any atom is -0.483 e. The molecule has 0 aliphatic heterocycles. The topological polar surface area (TPSA) is 110 Å². The van der Waals surface area contributed by atoms with Gasteiger partial charge >= 0.3 is 11.8 Å². The highest BCUT2D eigenvalue weighted by Gasteiger charge is 2.15. The molecule has 0 fully saturated rings. The zero-order valence-corrected chi connectivity index (χ0v) is 15.0. The first kappa shape index (κ1) is 19.3. The van der Waals surface area contributed by atoms with E-state index in [9.17, 15) is 14.4 Å². The van der Waals surface area contributed by atoms with E-state index in [0.717, 1.165) is 11.1 Å². The van der Waals surface area contributed by atoms with Gasteiger partial charge in [-0.2, -0.15) is 0 Å². The highest BCUT2D eigenvalue weighted by Crippen LogP contribution is 2.26. The van der Waals surface area contributed by atoms with Crippen molar-refractivity contribution in [2.45, 2.75) is 20.4 Å². The van der Waals surface area contributed by atoms with Gasteiger partial charge in [-0.3, -0.25) is 25.2 Å². The third-order valence-corrected chi connectivity index (χ3v) is 3.52. The second kappa shape index (κ2) is 8.91. The summed E-state index contributed by atoms with van der Waals surface area (Å²) in [6.07, 6.45) is 1.45. The Labute approximate surface area is 154 Å². The number of carbonyl (C=O) groups is 3. The average molecular weight is 380 g/mol. The molecule has 2 aromatic rings. The molecule has 0 bridgehead atoms. The average Bonchev–Trinajstić information content (AvgIpc) is 3.10. The van der Waals surface area contributed by atoms with Crippen molar-refractivity contribution in [3.8, 4) is 5.75 Å². The molecule has 0 saturated carbocycles. The Kier molecular flexibility index (Phi) is 6.62. The van der Waals surface area contributed by atoms with E-state index >= 15 is 0 Å². The fourth-order valence-corrected chi connectivity index (χ4v) is 2.47. The number of hydrogen-bond donors (Lipinski definition) is 3. The number of rotatable bonds is 5. The maximum atomic E-state index is 11.8. The molecule has 138 valence electrons. The SMILES string of the molecule is Cc1cc(Cl)cc(C)c1OCC(=O)NNC(=O)C(=O)NCc1ccco1. The van der Waals surface area contributed by atoms with Gasteiger partial charge in [-0.25, -0.2) is 0 Å². The number of hydrogen-bond acceptors (Lipinski definition) is 5. The summed E-state index contributed by atoms with van der Waals surface area (Å²) in [6, 6.07) is 6.74. The number of nitrogens with one attached hydrogen (secondary N) is 3. The van der Waals surface area contributed by atoms with Gasteiger partial charge in [-0.15, -0.1) is 0 Å². The van der Waals surface area contributed by atoms with Crippen LogP contribution in [0.3, 0.4) is 0 Å². The molecular formula is C17H18ClN3O5. The number of carbonyl (C=O) groups excluding carboxylic acids is 3. The highest BCUT2D eigenvalue weighted by molar-refractivity contribution is 6.35. The Morgan fingerprint density at radius 3 is 2.42 bits per heavy atom. The lowest BCUT2D eigenvalue weighted by Crippen LogP contribution is -2.49. The number of hydrazine groups is 1. The van der Waals surface area contributed by atoms with E-state index in [4.69, 9.17) is 20.8 Å². The van der Waals surface area contributed by atoms with E-state index in [1.807, 2.05) is 5.43 Å². The van der Waals surface area contributed by atoms with Crippen LogP contribution in [-0.2, 0) is 20.9 Å². The normalized spacial score (nSPS) is 10.1. The van der Waals surface area contributed by atoms with Gasteiger partial charge < -0.3 is 14.5 Å². The minimum atomic E-state index is -1.01. The standard InChI is InChI=1S/C17H18ClN3O5/c1-10-6-12(18)7-11(2)15(10)26-9-14(22)20-21-17(24)16(23)19-8-13-4-3-5-25-13/h3-7H,8-9H2,1-2H3,(H,19,23)(H,20,22)(H,21,24). The second-order valence-electron chi connectivity index (χ2n) is 5.42. The van der Waals surface area contributed by atoms with Crippen molar-refractivity contribution in [1.29, 1.82) is 0 Å². The van der Waals surface area contributed by atoms with Crippen LogP contribution in [0.5, 0.6) is 5.75 Å². The molecular weight excluding hydrogens is 362 g/mol. The van der Waals surface area contributed by atoms with Gasteiger partial charge in [0.2, 0.25) is 0 Å². The van der Waals surface area contributed by atoms with Crippen LogP contribution in [0.25, 0.3) is 0 Å². The van der Waals surface area contributed by atoms with Crippen molar-refractivity contribution >= 4 is 29.3 Å². The van der Waals surface area contributed by atoms with Crippen LogP contribution in [0.1, 0.15) is 16.9 Å². The molecule has 3 N–H and O–H groups in total. The third kappa shape index (κ3) is 5.52. The predicted octanol–water partition coefficient (Wildman–Crippen LogP) is 1.39. The summed E-state index contributed by atoms with van der Waals surface area (Å²) in [5.74, 6) is -1.51. The zero-order valence-electron chi connectivity index (χ0n) is 14.2. The van der Waals surface area contributed by atoms with Crippen LogP contribution >= 0.6 is 11.6 Å². The second-order valence-corrected chi connectivity index (χ2v) is 5.86. The lowest BCUT2D eigenvalue weighted by Gasteiger charge is -2.13. The van der Waals surface area contributed by atoms with E-state index in [1.54, 1.807) is 38.1 Å². The number of ether oxygens (including phenoxy) is 1. The first-order valence-corrected chi connectivity index (χ1v) is 8.03. The van der Waals surface area contributed by atoms with Gasteiger partial charge in [0, 0.05) is 5.02 Å². The van der Waals surface area contributed by atoms with Crippen LogP contribution in [0.4, 0.5) is 0 Å². The Hall–Kier alpha value is -3.00. The Morgan fingerprint density at radius 1 is 1.12 bits per heavy atom.